The normalized spacial score (nSPS) is 10.7. The Labute approximate surface area is 168 Å². The highest BCUT2D eigenvalue weighted by atomic mass is 16.5. The molecule has 2 aromatic heterocycles. The van der Waals surface area contributed by atoms with Gasteiger partial charge in [-0.3, -0.25) is 14.6 Å². The third-order valence-corrected chi connectivity index (χ3v) is 4.07. The number of benzene rings is 1. The van der Waals surface area contributed by atoms with Crippen LogP contribution in [0.15, 0.2) is 53.6 Å². The molecule has 8 heteroatoms. The molecule has 3 aromatic rings. The zero-order chi connectivity index (χ0) is 20.6. The van der Waals surface area contributed by atoms with Crippen LogP contribution in [0.5, 0.6) is 5.75 Å². The quantitative estimate of drug-likeness (QED) is 0.607. The number of carbonyl (C=O) groups excluding carboxylic acids is 1. The third-order valence-electron chi connectivity index (χ3n) is 4.07. The van der Waals surface area contributed by atoms with Gasteiger partial charge in [0.1, 0.15) is 11.4 Å². The molecule has 0 bridgehead atoms. The van der Waals surface area contributed by atoms with Crippen molar-refractivity contribution in [3.63, 3.8) is 0 Å². The number of hydrogen-bond donors (Lipinski definition) is 2. The summed E-state index contributed by atoms with van der Waals surface area (Å²) in [5.41, 5.74) is 1.53. The van der Waals surface area contributed by atoms with Crippen LogP contribution in [0, 0.1) is 0 Å². The highest BCUT2D eigenvalue weighted by Crippen LogP contribution is 2.20. The summed E-state index contributed by atoms with van der Waals surface area (Å²) in [4.78, 5) is 31.0. The number of aromatic nitrogens is 4. The van der Waals surface area contributed by atoms with Gasteiger partial charge in [-0.05, 0) is 43.7 Å². The molecule has 150 valence electrons. The largest absolute Gasteiger partial charge is 0.491 e. The number of ether oxygens (including phenoxy) is 1. The van der Waals surface area contributed by atoms with E-state index >= 15 is 0 Å². The number of aryl methyl sites for hydroxylation is 1. The molecule has 2 heterocycles. The first-order chi connectivity index (χ1) is 14.0. The van der Waals surface area contributed by atoms with Gasteiger partial charge in [0.2, 0.25) is 5.91 Å². The molecule has 8 nitrogen and oxygen atoms in total. The van der Waals surface area contributed by atoms with E-state index in [1.807, 2.05) is 44.2 Å². The van der Waals surface area contributed by atoms with E-state index in [2.05, 4.69) is 25.5 Å². The molecule has 2 N–H and O–H groups in total. The number of rotatable bonds is 8. The van der Waals surface area contributed by atoms with Crippen LogP contribution in [-0.2, 0) is 17.8 Å². The SMILES string of the molecule is CC(C)Oc1cccc(-c2nnc(CCC(=O)NCc3ccncc3)c(=O)[nH]2)c1. The number of amides is 1. The van der Waals surface area contributed by atoms with Crippen LogP contribution in [0.4, 0.5) is 0 Å². The number of H-pyrrole nitrogens is 1. The van der Waals surface area contributed by atoms with Crippen molar-refractivity contribution >= 4 is 5.91 Å². The van der Waals surface area contributed by atoms with E-state index in [0.29, 0.717) is 23.7 Å². The predicted molar refractivity (Wildman–Crippen MR) is 108 cm³/mol. The lowest BCUT2D eigenvalue weighted by Crippen LogP contribution is -2.25. The molecule has 1 amide bonds. The molecule has 0 spiro atoms. The highest BCUT2D eigenvalue weighted by molar-refractivity contribution is 5.76. The Morgan fingerprint density at radius 1 is 1.17 bits per heavy atom. The molecule has 29 heavy (non-hydrogen) atoms. The van der Waals surface area contributed by atoms with E-state index in [0.717, 1.165) is 5.56 Å². The fraction of sp³-hybridized carbons (Fsp3) is 0.286. The summed E-state index contributed by atoms with van der Waals surface area (Å²) >= 11 is 0. The van der Waals surface area contributed by atoms with E-state index in [1.165, 1.54) is 0 Å². The molecule has 0 aliphatic rings. The van der Waals surface area contributed by atoms with Gasteiger partial charge in [0.05, 0.1) is 6.10 Å². The Hall–Kier alpha value is -3.55. The molecule has 0 radical (unpaired) electrons. The van der Waals surface area contributed by atoms with Crippen molar-refractivity contribution < 1.29 is 9.53 Å². The molecule has 0 aliphatic heterocycles. The van der Waals surface area contributed by atoms with Crippen LogP contribution in [0.2, 0.25) is 0 Å². The van der Waals surface area contributed by atoms with Crippen molar-refractivity contribution in [2.24, 2.45) is 0 Å². The van der Waals surface area contributed by atoms with Gasteiger partial charge >= 0.3 is 0 Å². The number of carbonyl (C=O) groups is 1. The maximum atomic E-state index is 12.3. The molecule has 0 saturated carbocycles. The van der Waals surface area contributed by atoms with Gasteiger partial charge in [-0.2, -0.15) is 0 Å². The van der Waals surface area contributed by atoms with Crippen LogP contribution in [0.25, 0.3) is 11.4 Å². The average molecular weight is 393 g/mol. The molecule has 0 saturated heterocycles. The van der Waals surface area contributed by atoms with Crippen LogP contribution < -0.4 is 15.6 Å². The lowest BCUT2D eigenvalue weighted by atomic mass is 10.2. The summed E-state index contributed by atoms with van der Waals surface area (Å²) in [6.45, 7) is 4.30. The Morgan fingerprint density at radius 2 is 1.97 bits per heavy atom. The van der Waals surface area contributed by atoms with Crippen LogP contribution in [0.3, 0.4) is 0 Å². The number of pyridine rings is 1. The molecular formula is C21H23N5O3. The maximum Gasteiger partial charge on any atom is 0.273 e. The maximum absolute atomic E-state index is 12.3. The van der Waals surface area contributed by atoms with Gasteiger partial charge < -0.3 is 15.0 Å². The molecule has 0 atom stereocenters. The summed E-state index contributed by atoms with van der Waals surface area (Å²) < 4.78 is 5.66. The molecule has 3 rings (SSSR count). The number of hydrogen-bond acceptors (Lipinski definition) is 6. The fourth-order valence-electron chi connectivity index (χ4n) is 2.66. The van der Waals surface area contributed by atoms with Gasteiger partial charge in [-0.15, -0.1) is 10.2 Å². The summed E-state index contributed by atoms with van der Waals surface area (Å²) in [5, 5.41) is 10.9. The minimum absolute atomic E-state index is 0.0439. The van der Waals surface area contributed by atoms with E-state index in [-0.39, 0.29) is 36.1 Å². The summed E-state index contributed by atoms with van der Waals surface area (Å²) in [5.74, 6) is 0.885. The van der Waals surface area contributed by atoms with Crippen molar-refractivity contribution in [2.75, 3.05) is 0 Å². The first kappa shape index (κ1) is 20.2. The Morgan fingerprint density at radius 3 is 2.69 bits per heavy atom. The van der Waals surface area contributed by atoms with Crippen molar-refractivity contribution in [1.82, 2.24) is 25.5 Å². The third kappa shape index (κ3) is 5.97. The van der Waals surface area contributed by atoms with Crippen LogP contribution in [0.1, 0.15) is 31.5 Å². The second kappa shape index (κ2) is 9.59. The Kier molecular flexibility index (Phi) is 6.67. The Bertz CT molecular complexity index is 1020. The first-order valence-electron chi connectivity index (χ1n) is 9.40. The van der Waals surface area contributed by atoms with Crippen LogP contribution >= 0.6 is 0 Å². The standard InChI is InChI=1S/C21H23N5O3/c1-14(2)29-17-5-3-4-16(12-17)20-24-21(28)18(25-26-20)6-7-19(27)23-13-15-8-10-22-11-9-15/h3-5,8-12,14H,6-7,13H2,1-2H3,(H,23,27)(H,24,26,28). The number of nitrogens with one attached hydrogen (secondary N) is 2. The van der Waals surface area contributed by atoms with Gasteiger partial charge in [0, 0.05) is 37.3 Å². The number of nitrogens with zero attached hydrogens (tertiary/aromatic N) is 3. The monoisotopic (exact) mass is 393 g/mol. The molecule has 0 aliphatic carbocycles. The van der Waals surface area contributed by atoms with Crippen molar-refractivity contribution in [1.29, 1.82) is 0 Å². The molecule has 0 unspecified atom stereocenters. The first-order valence-corrected chi connectivity index (χ1v) is 9.40. The fourth-order valence-corrected chi connectivity index (χ4v) is 2.66. The van der Waals surface area contributed by atoms with Crippen molar-refractivity contribution in [3.8, 4) is 17.1 Å². The van der Waals surface area contributed by atoms with Gasteiger partial charge in [-0.1, -0.05) is 12.1 Å². The van der Waals surface area contributed by atoms with Gasteiger partial charge in [0.15, 0.2) is 5.82 Å². The summed E-state index contributed by atoms with van der Waals surface area (Å²) in [6, 6.07) is 10.9. The Balaban J connectivity index is 1.59. The topological polar surface area (TPSA) is 110 Å². The second-order valence-corrected chi connectivity index (χ2v) is 6.78. The zero-order valence-corrected chi connectivity index (χ0v) is 16.4. The minimum Gasteiger partial charge on any atom is -0.491 e. The second-order valence-electron chi connectivity index (χ2n) is 6.78. The highest BCUT2D eigenvalue weighted by Gasteiger charge is 2.10. The average Bonchev–Trinajstić information content (AvgIpc) is 2.72. The molecule has 1 aromatic carbocycles. The smallest absolute Gasteiger partial charge is 0.273 e. The van der Waals surface area contributed by atoms with Gasteiger partial charge in [-0.25, -0.2) is 0 Å². The van der Waals surface area contributed by atoms with Crippen molar-refractivity contribution in [2.45, 2.75) is 39.3 Å². The predicted octanol–water partition coefficient (Wildman–Crippen LogP) is 2.26. The minimum atomic E-state index is -0.355. The van der Waals surface area contributed by atoms with E-state index < -0.39 is 0 Å². The van der Waals surface area contributed by atoms with Crippen molar-refractivity contribution in [3.05, 3.63) is 70.4 Å². The van der Waals surface area contributed by atoms with E-state index in [4.69, 9.17) is 4.74 Å². The molecule has 0 fully saturated rings. The lowest BCUT2D eigenvalue weighted by Gasteiger charge is -2.10. The lowest BCUT2D eigenvalue weighted by molar-refractivity contribution is -0.121. The van der Waals surface area contributed by atoms with E-state index in [1.54, 1.807) is 18.5 Å². The van der Waals surface area contributed by atoms with Gasteiger partial charge in [0.25, 0.3) is 5.56 Å². The number of aromatic amines is 1. The van der Waals surface area contributed by atoms with E-state index in [9.17, 15) is 9.59 Å². The molecular weight excluding hydrogens is 370 g/mol. The van der Waals surface area contributed by atoms with Crippen LogP contribution in [-0.4, -0.2) is 32.2 Å². The summed E-state index contributed by atoms with van der Waals surface area (Å²) in [6.07, 6.45) is 3.75. The summed E-state index contributed by atoms with van der Waals surface area (Å²) in [7, 11) is 0. The zero-order valence-electron chi connectivity index (χ0n) is 16.4.